The highest BCUT2D eigenvalue weighted by molar-refractivity contribution is 7.11. The summed E-state index contributed by atoms with van der Waals surface area (Å²) in [5.41, 5.74) is 3.73. The van der Waals surface area contributed by atoms with Crippen molar-refractivity contribution in [3.05, 3.63) is 51.0 Å². The van der Waals surface area contributed by atoms with Gasteiger partial charge in [-0.15, -0.1) is 11.3 Å². The van der Waals surface area contributed by atoms with Crippen molar-refractivity contribution in [2.75, 3.05) is 13.7 Å². The number of benzene rings is 1. The molecule has 1 amide bonds. The molecule has 0 saturated carbocycles. The van der Waals surface area contributed by atoms with Crippen molar-refractivity contribution in [2.45, 2.75) is 51.2 Å². The molecule has 0 N–H and O–H groups in total. The maximum atomic E-state index is 12.7. The summed E-state index contributed by atoms with van der Waals surface area (Å²) in [6, 6.07) is 8.30. The Morgan fingerprint density at radius 2 is 2.12 bits per heavy atom. The Kier molecular flexibility index (Phi) is 4.86. The summed E-state index contributed by atoms with van der Waals surface area (Å²) in [6.45, 7) is 1.29. The zero-order valence-electron chi connectivity index (χ0n) is 14.7. The molecule has 1 aliphatic carbocycles. The van der Waals surface area contributed by atoms with Crippen LogP contribution in [0, 0.1) is 0 Å². The van der Waals surface area contributed by atoms with Gasteiger partial charge in [-0.1, -0.05) is 24.3 Å². The summed E-state index contributed by atoms with van der Waals surface area (Å²) < 4.78 is 5.88. The van der Waals surface area contributed by atoms with Crippen LogP contribution in [-0.4, -0.2) is 29.4 Å². The molecule has 1 aromatic heterocycles. The minimum absolute atomic E-state index is 0.120. The van der Waals surface area contributed by atoms with Gasteiger partial charge in [-0.05, 0) is 43.2 Å². The minimum Gasteiger partial charge on any atom is -0.373 e. The second-order valence-corrected chi connectivity index (χ2v) is 8.11. The summed E-state index contributed by atoms with van der Waals surface area (Å²) in [4.78, 5) is 20.7. The zero-order chi connectivity index (χ0) is 17.2. The monoisotopic (exact) mass is 356 g/mol. The molecular weight excluding hydrogens is 332 g/mol. The van der Waals surface area contributed by atoms with E-state index in [1.165, 1.54) is 34.5 Å². The Morgan fingerprint density at radius 1 is 1.28 bits per heavy atom. The molecule has 2 aliphatic rings. The van der Waals surface area contributed by atoms with Crippen molar-refractivity contribution in [3.8, 4) is 0 Å². The molecule has 0 saturated heterocycles. The SMILES string of the molecule is CN(Cc1nc2c(s1)CCCC2)C(=O)CC1OCCc2ccccc21. The molecule has 0 fully saturated rings. The number of aryl methyl sites for hydroxylation is 2. The lowest BCUT2D eigenvalue weighted by molar-refractivity contribution is -0.133. The van der Waals surface area contributed by atoms with Crippen LogP contribution in [0.4, 0.5) is 0 Å². The van der Waals surface area contributed by atoms with E-state index >= 15 is 0 Å². The van der Waals surface area contributed by atoms with Gasteiger partial charge in [0.25, 0.3) is 0 Å². The number of amides is 1. The molecule has 0 bridgehead atoms. The standard InChI is InChI=1S/C20H24N2O2S/c1-22(13-19-21-16-8-4-5-9-18(16)25-19)20(23)12-17-15-7-3-2-6-14(15)10-11-24-17/h2-3,6-7,17H,4-5,8-13H2,1H3. The van der Waals surface area contributed by atoms with Crippen molar-refractivity contribution in [1.82, 2.24) is 9.88 Å². The van der Waals surface area contributed by atoms with Crippen molar-refractivity contribution in [2.24, 2.45) is 0 Å². The summed E-state index contributed by atoms with van der Waals surface area (Å²) >= 11 is 1.78. The first-order valence-electron chi connectivity index (χ1n) is 9.11. The van der Waals surface area contributed by atoms with Crippen LogP contribution in [0.3, 0.4) is 0 Å². The van der Waals surface area contributed by atoms with Gasteiger partial charge in [0.2, 0.25) is 5.91 Å². The van der Waals surface area contributed by atoms with Gasteiger partial charge in [-0.3, -0.25) is 4.79 Å². The molecule has 132 valence electrons. The number of hydrogen-bond donors (Lipinski definition) is 0. The van der Waals surface area contributed by atoms with E-state index in [4.69, 9.17) is 9.72 Å². The fraction of sp³-hybridized carbons (Fsp3) is 0.500. The summed E-state index contributed by atoms with van der Waals surface area (Å²) in [5, 5.41) is 1.06. The van der Waals surface area contributed by atoms with E-state index in [1.54, 1.807) is 16.2 Å². The Hall–Kier alpha value is -1.72. The molecule has 2 aromatic rings. The highest BCUT2D eigenvalue weighted by Crippen LogP contribution is 2.31. The molecule has 0 radical (unpaired) electrons. The molecule has 1 aromatic carbocycles. The van der Waals surface area contributed by atoms with Crippen LogP contribution in [-0.2, 0) is 35.3 Å². The van der Waals surface area contributed by atoms with Gasteiger partial charge < -0.3 is 9.64 Å². The second kappa shape index (κ2) is 7.26. The highest BCUT2D eigenvalue weighted by atomic mass is 32.1. The lowest BCUT2D eigenvalue weighted by Crippen LogP contribution is -2.29. The van der Waals surface area contributed by atoms with Crippen LogP contribution in [0.15, 0.2) is 24.3 Å². The quantitative estimate of drug-likeness (QED) is 0.839. The molecular formula is C20H24N2O2S. The van der Waals surface area contributed by atoms with Crippen LogP contribution in [0.25, 0.3) is 0 Å². The van der Waals surface area contributed by atoms with E-state index in [2.05, 4.69) is 18.2 Å². The normalized spacial score (nSPS) is 19.2. The van der Waals surface area contributed by atoms with Gasteiger partial charge in [0, 0.05) is 11.9 Å². The lowest BCUT2D eigenvalue weighted by atomic mass is 9.95. The van der Waals surface area contributed by atoms with Crippen LogP contribution in [0.2, 0.25) is 0 Å². The molecule has 0 spiro atoms. The predicted molar refractivity (Wildman–Crippen MR) is 98.7 cm³/mol. The molecule has 1 aliphatic heterocycles. The van der Waals surface area contributed by atoms with E-state index in [0.29, 0.717) is 19.6 Å². The Labute approximate surface area is 152 Å². The molecule has 4 rings (SSSR count). The van der Waals surface area contributed by atoms with Gasteiger partial charge in [0.1, 0.15) is 5.01 Å². The fourth-order valence-corrected chi connectivity index (χ4v) is 4.93. The molecule has 4 nitrogen and oxygen atoms in total. The third kappa shape index (κ3) is 3.62. The second-order valence-electron chi connectivity index (χ2n) is 6.95. The van der Waals surface area contributed by atoms with E-state index in [0.717, 1.165) is 24.3 Å². The number of fused-ring (bicyclic) bond motifs is 2. The van der Waals surface area contributed by atoms with Gasteiger partial charge in [0.15, 0.2) is 0 Å². The number of rotatable bonds is 4. The van der Waals surface area contributed by atoms with Crippen molar-refractivity contribution in [1.29, 1.82) is 0 Å². The van der Waals surface area contributed by atoms with E-state index in [9.17, 15) is 4.79 Å². The maximum absolute atomic E-state index is 12.7. The van der Waals surface area contributed by atoms with E-state index in [1.807, 2.05) is 13.1 Å². The van der Waals surface area contributed by atoms with Gasteiger partial charge in [0.05, 0.1) is 31.4 Å². The largest absolute Gasteiger partial charge is 0.373 e. The Bertz CT molecular complexity index is 747. The third-order valence-electron chi connectivity index (χ3n) is 5.14. The smallest absolute Gasteiger partial charge is 0.225 e. The van der Waals surface area contributed by atoms with Crippen molar-refractivity contribution in [3.63, 3.8) is 0 Å². The Morgan fingerprint density at radius 3 is 3.00 bits per heavy atom. The minimum atomic E-state index is -0.121. The zero-order valence-corrected chi connectivity index (χ0v) is 15.5. The first kappa shape index (κ1) is 16.7. The van der Waals surface area contributed by atoms with Crippen LogP contribution >= 0.6 is 11.3 Å². The van der Waals surface area contributed by atoms with Crippen molar-refractivity contribution >= 4 is 17.2 Å². The average Bonchev–Trinajstić information content (AvgIpc) is 3.04. The van der Waals surface area contributed by atoms with E-state index < -0.39 is 0 Å². The lowest BCUT2D eigenvalue weighted by Gasteiger charge is -2.27. The number of nitrogens with zero attached hydrogens (tertiary/aromatic N) is 2. The number of carbonyl (C=O) groups excluding carboxylic acids is 1. The molecule has 2 heterocycles. The first-order chi connectivity index (χ1) is 12.2. The number of carbonyl (C=O) groups is 1. The fourth-order valence-electron chi connectivity index (χ4n) is 3.72. The van der Waals surface area contributed by atoms with E-state index in [-0.39, 0.29) is 12.0 Å². The first-order valence-corrected chi connectivity index (χ1v) is 9.93. The molecule has 1 atom stereocenters. The van der Waals surface area contributed by atoms with Gasteiger partial charge in [-0.2, -0.15) is 0 Å². The summed E-state index contributed by atoms with van der Waals surface area (Å²) in [5.74, 6) is 0.120. The number of aromatic nitrogens is 1. The molecule has 25 heavy (non-hydrogen) atoms. The average molecular weight is 356 g/mol. The predicted octanol–water partition coefficient (Wildman–Crippen LogP) is 3.68. The topological polar surface area (TPSA) is 42.4 Å². The highest BCUT2D eigenvalue weighted by Gasteiger charge is 2.25. The van der Waals surface area contributed by atoms with Crippen LogP contribution in [0.5, 0.6) is 0 Å². The van der Waals surface area contributed by atoms with Crippen LogP contribution in [0.1, 0.15) is 52.1 Å². The van der Waals surface area contributed by atoms with Crippen LogP contribution < -0.4 is 0 Å². The third-order valence-corrected chi connectivity index (χ3v) is 6.28. The van der Waals surface area contributed by atoms with Crippen molar-refractivity contribution < 1.29 is 9.53 Å². The summed E-state index contributed by atoms with van der Waals surface area (Å²) in [6.07, 6.45) is 5.96. The van der Waals surface area contributed by atoms with Gasteiger partial charge in [-0.25, -0.2) is 4.98 Å². The number of ether oxygens (including phenoxy) is 1. The molecule has 1 unspecified atom stereocenters. The molecule has 5 heteroatoms. The van der Waals surface area contributed by atoms with Gasteiger partial charge >= 0.3 is 0 Å². The number of thiazole rings is 1. The summed E-state index contributed by atoms with van der Waals surface area (Å²) in [7, 11) is 1.87. The maximum Gasteiger partial charge on any atom is 0.225 e. The Balaban J connectivity index is 1.40. The number of hydrogen-bond acceptors (Lipinski definition) is 4.